The van der Waals surface area contributed by atoms with Crippen LogP contribution < -0.4 is 10.6 Å². The van der Waals surface area contributed by atoms with Gasteiger partial charge in [-0.15, -0.1) is 0 Å². The number of benzene rings is 1. The van der Waals surface area contributed by atoms with Crippen molar-refractivity contribution in [2.24, 2.45) is 0 Å². The van der Waals surface area contributed by atoms with Gasteiger partial charge in [0.1, 0.15) is 0 Å². The van der Waals surface area contributed by atoms with E-state index in [-0.39, 0.29) is 6.03 Å². The lowest BCUT2D eigenvalue weighted by Gasteiger charge is -2.08. The third kappa shape index (κ3) is 3.72. The van der Waals surface area contributed by atoms with Gasteiger partial charge < -0.3 is 10.6 Å². The van der Waals surface area contributed by atoms with Crippen molar-refractivity contribution in [3.05, 3.63) is 27.7 Å². The Labute approximate surface area is 102 Å². The third-order valence-electron chi connectivity index (χ3n) is 1.74. The summed E-state index contributed by atoms with van der Waals surface area (Å²) in [6, 6.07) is 5.09. The van der Waals surface area contributed by atoms with Gasteiger partial charge in [0.05, 0.1) is 15.2 Å². The summed E-state index contributed by atoms with van der Waals surface area (Å²) in [5.41, 5.74) is 0.663. The van der Waals surface area contributed by atoms with Gasteiger partial charge in [-0.25, -0.2) is 4.79 Å². The zero-order valence-corrected chi connectivity index (χ0v) is 10.7. The summed E-state index contributed by atoms with van der Waals surface area (Å²) < 4.78 is 0.693. The van der Waals surface area contributed by atoms with E-state index in [0.717, 1.165) is 6.42 Å². The maximum absolute atomic E-state index is 11.3. The Bertz CT molecular complexity index is 357. The fourth-order valence-corrected chi connectivity index (χ4v) is 1.54. The molecular formula is C10H12BrClN2O. The number of amides is 2. The molecule has 0 fully saturated rings. The molecule has 0 heterocycles. The summed E-state index contributed by atoms with van der Waals surface area (Å²) in [5.74, 6) is 0. The maximum Gasteiger partial charge on any atom is 0.319 e. The average molecular weight is 292 g/mol. The molecule has 5 heteroatoms. The predicted molar refractivity (Wildman–Crippen MR) is 66.5 cm³/mol. The molecular weight excluding hydrogens is 279 g/mol. The van der Waals surface area contributed by atoms with Crippen molar-refractivity contribution in [2.75, 3.05) is 11.9 Å². The molecule has 0 aliphatic heterocycles. The van der Waals surface area contributed by atoms with Crippen molar-refractivity contribution in [3.63, 3.8) is 0 Å². The van der Waals surface area contributed by atoms with Crippen molar-refractivity contribution in [1.82, 2.24) is 5.32 Å². The van der Waals surface area contributed by atoms with Gasteiger partial charge in [0, 0.05) is 6.54 Å². The highest BCUT2D eigenvalue weighted by Crippen LogP contribution is 2.29. The Morgan fingerprint density at radius 2 is 2.27 bits per heavy atom. The topological polar surface area (TPSA) is 41.1 Å². The molecule has 0 unspecified atom stereocenters. The lowest BCUT2D eigenvalue weighted by Crippen LogP contribution is -2.29. The highest BCUT2D eigenvalue weighted by atomic mass is 79.9. The first kappa shape index (κ1) is 12.3. The normalized spacial score (nSPS) is 9.80. The van der Waals surface area contributed by atoms with Crippen LogP contribution in [-0.4, -0.2) is 12.6 Å². The summed E-state index contributed by atoms with van der Waals surface area (Å²) in [6.07, 6.45) is 0.907. The molecule has 82 valence electrons. The van der Waals surface area contributed by atoms with Crippen LogP contribution in [0.4, 0.5) is 10.5 Å². The molecule has 1 rings (SSSR count). The average Bonchev–Trinajstić information content (AvgIpc) is 2.22. The van der Waals surface area contributed by atoms with Gasteiger partial charge in [0.15, 0.2) is 0 Å². The van der Waals surface area contributed by atoms with Gasteiger partial charge in [0.2, 0.25) is 0 Å². The number of hydrogen-bond acceptors (Lipinski definition) is 1. The second kappa shape index (κ2) is 5.98. The molecule has 0 radical (unpaired) electrons. The highest BCUT2D eigenvalue weighted by Gasteiger charge is 2.06. The molecule has 0 aliphatic rings. The zero-order valence-electron chi connectivity index (χ0n) is 8.31. The largest absolute Gasteiger partial charge is 0.338 e. The molecule has 0 spiro atoms. The van der Waals surface area contributed by atoms with E-state index in [1.54, 1.807) is 18.2 Å². The van der Waals surface area contributed by atoms with E-state index < -0.39 is 0 Å². The number of rotatable bonds is 3. The van der Waals surface area contributed by atoms with E-state index >= 15 is 0 Å². The van der Waals surface area contributed by atoms with E-state index in [9.17, 15) is 4.79 Å². The zero-order chi connectivity index (χ0) is 11.3. The van der Waals surface area contributed by atoms with E-state index in [1.807, 2.05) is 6.92 Å². The Morgan fingerprint density at radius 3 is 2.93 bits per heavy atom. The van der Waals surface area contributed by atoms with Crippen molar-refractivity contribution in [3.8, 4) is 0 Å². The molecule has 0 saturated heterocycles. The highest BCUT2D eigenvalue weighted by molar-refractivity contribution is 9.10. The van der Waals surface area contributed by atoms with E-state index in [4.69, 9.17) is 11.6 Å². The first-order chi connectivity index (χ1) is 7.15. The molecule has 0 bridgehead atoms. The van der Waals surface area contributed by atoms with Crippen LogP contribution in [0.15, 0.2) is 22.7 Å². The van der Waals surface area contributed by atoms with Crippen LogP contribution in [0.1, 0.15) is 13.3 Å². The second-order valence-electron chi connectivity index (χ2n) is 2.98. The minimum absolute atomic E-state index is 0.222. The minimum atomic E-state index is -0.222. The van der Waals surface area contributed by atoms with Crippen LogP contribution in [0.3, 0.4) is 0 Å². The molecule has 2 amide bonds. The van der Waals surface area contributed by atoms with Crippen molar-refractivity contribution in [1.29, 1.82) is 0 Å². The van der Waals surface area contributed by atoms with E-state index in [1.165, 1.54) is 0 Å². The standard InChI is InChI=1S/C10H12BrClN2O/c1-2-6-13-10(15)14-8-5-3-4-7(12)9(8)11/h3-5H,2,6H2,1H3,(H2,13,14,15). The lowest BCUT2D eigenvalue weighted by molar-refractivity contribution is 0.252. The Balaban J connectivity index is 2.64. The number of nitrogens with one attached hydrogen (secondary N) is 2. The number of hydrogen-bond donors (Lipinski definition) is 2. The third-order valence-corrected chi connectivity index (χ3v) is 3.13. The molecule has 2 N–H and O–H groups in total. The maximum atomic E-state index is 11.3. The smallest absolute Gasteiger partial charge is 0.319 e. The van der Waals surface area contributed by atoms with Gasteiger partial charge >= 0.3 is 6.03 Å². The predicted octanol–water partition coefficient (Wildman–Crippen LogP) is 3.63. The van der Waals surface area contributed by atoms with Crippen LogP contribution in [0.2, 0.25) is 5.02 Å². The van der Waals surface area contributed by atoms with Gasteiger partial charge in [-0.1, -0.05) is 24.6 Å². The van der Waals surface area contributed by atoms with Crippen molar-refractivity contribution >= 4 is 39.2 Å². The summed E-state index contributed by atoms with van der Waals surface area (Å²) in [6.45, 7) is 2.65. The van der Waals surface area contributed by atoms with Gasteiger partial charge in [-0.3, -0.25) is 0 Å². The van der Waals surface area contributed by atoms with E-state index in [0.29, 0.717) is 21.7 Å². The van der Waals surface area contributed by atoms with Crippen LogP contribution in [0, 0.1) is 0 Å². The molecule has 1 aromatic rings. The molecule has 0 atom stereocenters. The molecule has 0 saturated carbocycles. The second-order valence-corrected chi connectivity index (χ2v) is 4.18. The van der Waals surface area contributed by atoms with Crippen LogP contribution >= 0.6 is 27.5 Å². The minimum Gasteiger partial charge on any atom is -0.338 e. The van der Waals surface area contributed by atoms with Gasteiger partial charge in [0.25, 0.3) is 0 Å². The fraction of sp³-hybridized carbons (Fsp3) is 0.300. The molecule has 3 nitrogen and oxygen atoms in total. The number of carbonyl (C=O) groups is 1. The number of carbonyl (C=O) groups excluding carboxylic acids is 1. The Hall–Kier alpha value is -0.740. The molecule has 1 aromatic carbocycles. The lowest BCUT2D eigenvalue weighted by atomic mass is 10.3. The summed E-state index contributed by atoms with van der Waals surface area (Å²) >= 11 is 9.19. The van der Waals surface area contributed by atoms with Crippen LogP contribution in [0.25, 0.3) is 0 Å². The molecule has 15 heavy (non-hydrogen) atoms. The summed E-state index contributed by atoms with van der Waals surface area (Å²) in [5, 5.41) is 5.99. The Kier molecular flexibility index (Phi) is 4.91. The molecule has 0 aromatic heterocycles. The van der Waals surface area contributed by atoms with Crippen molar-refractivity contribution in [2.45, 2.75) is 13.3 Å². The first-order valence-electron chi connectivity index (χ1n) is 4.64. The molecule has 0 aliphatic carbocycles. The number of urea groups is 1. The quantitative estimate of drug-likeness (QED) is 0.877. The summed E-state index contributed by atoms with van der Waals surface area (Å²) in [7, 11) is 0. The van der Waals surface area contributed by atoms with Gasteiger partial charge in [-0.2, -0.15) is 0 Å². The summed E-state index contributed by atoms with van der Waals surface area (Å²) in [4.78, 5) is 11.3. The van der Waals surface area contributed by atoms with Gasteiger partial charge in [-0.05, 0) is 34.5 Å². The number of anilines is 1. The van der Waals surface area contributed by atoms with Crippen LogP contribution in [-0.2, 0) is 0 Å². The van der Waals surface area contributed by atoms with Crippen LogP contribution in [0.5, 0.6) is 0 Å². The fourth-order valence-electron chi connectivity index (χ4n) is 1.01. The Morgan fingerprint density at radius 1 is 1.53 bits per heavy atom. The first-order valence-corrected chi connectivity index (χ1v) is 5.81. The van der Waals surface area contributed by atoms with Crippen molar-refractivity contribution < 1.29 is 4.79 Å². The number of halogens is 2. The monoisotopic (exact) mass is 290 g/mol. The SMILES string of the molecule is CCCNC(=O)Nc1cccc(Cl)c1Br. The van der Waals surface area contributed by atoms with E-state index in [2.05, 4.69) is 26.6 Å².